The van der Waals surface area contributed by atoms with E-state index >= 15 is 0 Å². The first kappa shape index (κ1) is 15.1. The van der Waals surface area contributed by atoms with Crippen LogP contribution >= 0.6 is 34.8 Å². The zero-order valence-electron chi connectivity index (χ0n) is 10.4. The summed E-state index contributed by atoms with van der Waals surface area (Å²) in [5.41, 5.74) is 0.711. The number of aromatic nitrogens is 2. The topological polar surface area (TPSA) is 61.0 Å². The van der Waals surface area contributed by atoms with Crippen LogP contribution in [0.4, 0.5) is 5.69 Å². The number of nitrogens with zero attached hydrogens (tertiary/aromatic N) is 3. The average molecular weight is 335 g/mol. The molecule has 0 aliphatic heterocycles. The predicted octanol–water partition coefficient (Wildman–Crippen LogP) is 4.69. The summed E-state index contributed by atoms with van der Waals surface area (Å²) in [6, 6.07) is 4.79. The maximum absolute atomic E-state index is 11.1. The predicted molar refractivity (Wildman–Crippen MR) is 79.2 cm³/mol. The van der Waals surface area contributed by atoms with Gasteiger partial charge in [0.15, 0.2) is 0 Å². The van der Waals surface area contributed by atoms with E-state index in [4.69, 9.17) is 34.8 Å². The first-order valence-electron chi connectivity index (χ1n) is 5.83. The lowest BCUT2D eigenvalue weighted by Crippen LogP contribution is -1.97. The molecule has 0 fully saturated rings. The van der Waals surface area contributed by atoms with Gasteiger partial charge in [0.2, 0.25) is 5.15 Å². The van der Waals surface area contributed by atoms with Crippen LogP contribution in [0.15, 0.2) is 18.2 Å². The van der Waals surface area contributed by atoms with Gasteiger partial charge in [-0.2, -0.15) is 5.10 Å². The van der Waals surface area contributed by atoms with Gasteiger partial charge in [-0.05, 0) is 24.6 Å². The fourth-order valence-corrected chi connectivity index (χ4v) is 2.41. The molecule has 106 valence electrons. The van der Waals surface area contributed by atoms with Crippen molar-refractivity contribution in [3.63, 3.8) is 0 Å². The molecule has 0 spiro atoms. The molecule has 8 heteroatoms. The Balaban J connectivity index is 2.59. The number of hydrogen-bond donors (Lipinski definition) is 0. The number of rotatable bonds is 4. The highest BCUT2D eigenvalue weighted by Gasteiger charge is 2.26. The summed E-state index contributed by atoms with van der Waals surface area (Å²) in [5.74, 6) is 0. The number of benzene rings is 1. The number of nitro groups is 1. The van der Waals surface area contributed by atoms with Crippen molar-refractivity contribution in [3.05, 3.63) is 49.2 Å². The molecule has 20 heavy (non-hydrogen) atoms. The van der Waals surface area contributed by atoms with Gasteiger partial charge >= 0.3 is 5.69 Å². The Hall–Kier alpha value is -1.30. The zero-order chi connectivity index (χ0) is 14.9. The Bertz CT molecular complexity index is 670. The molecule has 0 aliphatic rings. The Morgan fingerprint density at radius 3 is 2.55 bits per heavy atom. The monoisotopic (exact) mass is 333 g/mol. The Morgan fingerprint density at radius 2 is 2.00 bits per heavy atom. The van der Waals surface area contributed by atoms with E-state index in [-0.39, 0.29) is 10.8 Å². The van der Waals surface area contributed by atoms with E-state index < -0.39 is 4.92 Å². The van der Waals surface area contributed by atoms with Crippen molar-refractivity contribution in [2.24, 2.45) is 0 Å². The van der Waals surface area contributed by atoms with Crippen molar-refractivity contribution in [2.75, 3.05) is 0 Å². The summed E-state index contributed by atoms with van der Waals surface area (Å²) < 4.78 is 1.30. The van der Waals surface area contributed by atoms with Crippen LogP contribution < -0.4 is 0 Å². The summed E-state index contributed by atoms with van der Waals surface area (Å²) >= 11 is 17.8. The summed E-state index contributed by atoms with van der Waals surface area (Å²) in [6.45, 7) is 1.91. The highest BCUT2D eigenvalue weighted by molar-refractivity contribution is 6.42. The molecular formula is C12H10Cl3N3O2. The molecule has 0 atom stereocenters. The maximum atomic E-state index is 11.1. The molecule has 0 unspecified atom stereocenters. The molecule has 1 aromatic carbocycles. The number of hydrogen-bond acceptors (Lipinski definition) is 3. The van der Waals surface area contributed by atoms with Gasteiger partial charge in [-0.25, -0.2) is 4.68 Å². The molecule has 0 N–H and O–H groups in total. The van der Waals surface area contributed by atoms with E-state index in [1.165, 1.54) is 4.68 Å². The standard InChI is InChI=1S/C12H10Cl3N3O2/c1-2-3-10-11(18(19)20)12(15)17(16-10)7-4-5-8(13)9(14)6-7/h4-6H,2-3H2,1H3. The van der Waals surface area contributed by atoms with Crippen LogP contribution in [0.25, 0.3) is 5.69 Å². The minimum atomic E-state index is -0.519. The molecule has 0 saturated heterocycles. The highest BCUT2D eigenvalue weighted by Crippen LogP contribution is 2.33. The fraction of sp³-hybridized carbons (Fsp3) is 0.250. The lowest BCUT2D eigenvalue weighted by Gasteiger charge is -2.03. The lowest BCUT2D eigenvalue weighted by molar-refractivity contribution is -0.385. The molecule has 0 aliphatic carbocycles. The normalized spacial score (nSPS) is 10.8. The largest absolute Gasteiger partial charge is 0.329 e. The third-order valence-electron chi connectivity index (χ3n) is 2.69. The van der Waals surface area contributed by atoms with Crippen molar-refractivity contribution in [3.8, 4) is 5.69 Å². The molecule has 1 heterocycles. The lowest BCUT2D eigenvalue weighted by atomic mass is 10.2. The second kappa shape index (κ2) is 5.99. The van der Waals surface area contributed by atoms with Crippen molar-refractivity contribution in [1.82, 2.24) is 9.78 Å². The summed E-state index contributed by atoms with van der Waals surface area (Å²) in [4.78, 5) is 10.6. The van der Waals surface area contributed by atoms with Crippen LogP contribution in [0.5, 0.6) is 0 Å². The van der Waals surface area contributed by atoms with E-state index in [9.17, 15) is 10.1 Å². The van der Waals surface area contributed by atoms with Crippen molar-refractivity contribution >= 4 is 40.5 Å². The Morgan fingerprint density at radius 1 is 1.30 bits per heavy atom. The summed E-state index contributed by atoms with van der Waals surface area (Å²) in [6.07, 6.45) is 1.21. The van der Waals surface area contributed by atoms with Crippen LogP contribution in [-0.4, -0.2) is 14.7 Å². The van der Waals surface area contributed by atoms with E-state index in [0.717, 1.165) is 6.42 Å². The van der Waals surface area contributed by atoms with E-state index in [1.54, 1.807) is 18.2 Å². The van der Waals surface area contributed by atoms with Crippen molar-refractivity contribution < 1.29 is 4.92 Å². The molecule has 5 nitrogen and oxygen atoms in total. The summed E-state index contributed by atoms with van der Waals surface area (Å²) in [5, 5.41) is 16.0. The van der Waals surface area contributed by atoms with Gasteiger partial charge in [-0.1, -0.05) is 48.1 Å². The molecule has 0 radical (unpaired) electrons. The first-order chi connectivity index (χ1) is 9.45. The van der Waals surface area contributed by atoms with Crippen LogP contribution in [0.2, 0.25) is 15.2 Å². The fourth-order valence-electron chi connectivity index (χ4n) is 1.81. The van der Waals surface area contributed by atoms with Gasteiger partial charge in [0, 0.05) is 0 Å². The van der Waals surface area contributed by atoms with Crippen molar-refractivity contribution in [1.29, 1.82) is 0 Å². The van der Waals surface area contributed by atoms with Crippen LogP contribution in [0.3, 0.4) is 0 Å². The second-order valence-electron chi connectivity index (χ2n) is 4.10. The molecule has 0 saturated carbocycles. The zero-order valence-corrected chi connectivity index (χ0v) is 12.7. The van der Waals surface area contributed by atoms with E-state index in [1.807, 2.05) is 6.92 Å². The van der Waals surface area contributed by atoms with Gasteiger partial charge < -0.3 is 0 Å². The third kappa shape index (κ3) is 2.75. The molecule has 0 bridgehead atoms. The minimum absolute atomic E-state index is 0.0446. The first-order valence-corrected chi connectivity index (χ1v) is 6.96. The Kier molecular flexibility index (Phi) is 4.52. The van der Waals surface area contributed by atoms with Crippen LogP contribution in [0, 0.1) is 10.1 Å². The second-order valence-corrected chi connectivity index (χ2v) is 5.28. The van der Waals surface area contributed by atoms with E-state index in [2.05, 4.69) is 5.10 Å². The van der Waals surface area contributed by atoms with Crippen LogP contribution in [0.1, 0.15) is 19.0 Å². The highest BCUT2D eigenvalue weighted by atomic mass is 35.5. The summed E-state index contributed by atoms with van der Waals surface area (Å²) in [7, 11) is 0. The molecule has 2 aromatic rings. The van der Waals surface area contributed by atoms with Gasteiger partial charge in [0.1, 0.15) is 5.69 Å². The van der Waals surface area contributed by atoms with Crippen LogP contribution in [-0.2, 0) is 6.42 Å². The third-order valence-corrected chi connectivity index (χ3v) is 3.77. The molecule has 2 rings (SSSR count). The quantitative estimate of drug-likeness (QED) is 0.602. The molecule has 1 aromatic heterocycles. The van der Waals surface area contributed by atoms with E-state index in [0.29, 0.717) is 27.8 Å². The SMILES string of the molecule is CCCc1nn(-c2ccc(Cl)c(Cl)c2)c(Cl)c1[N+](=O)[O-]. The number of halogens is 3. The molecule has 0 amide bonds. The Labute approximate surface area is 130 Å². The molecular weight excluding hydrogens is 325 g/mol. The average Bonchev–Trinajstić information content (AvgIpc) is 2.70. The van der Waals surface area contributed by atoms with Gasteiger partial charge in [0.05, 0.1) is 20.7 Å². The van der Waals surface area contributed by atoms with Gasteiger partial charge in [-0.15, -0.1) is 0 Å². The van der Waals surface area contributed by atoms with Crippen molar-refractivity contribution in [2.45, 2.75) is 19.8 Å². The number of aryl methyl sites for hydroxylation is 1. The maximum Gasteiger partial charge on any atom is 0.329 e. The van der Waals surface area contributed by atoms with Gasteiger partial charge in [-0.3, -0.25) is 10.1 Å². The smallest absolute Gasteiger partial charge is 0.258 e. The van der Waals surface area contributed by atoms with Gasteiger partial charge in [0.25, 0.3) is 0 Å². The minimum Gasteiger partial charge on any atom is -0.258 e.